The largest absolute Gasteiger partial charge is 0.444 e. The molecule has 2 fully saturated rings. The number of hydrogen-bond acceptors (Lipinski definition) is 6. The third kappa shape index (κ3) is 3.83. The molecule has 0 unspecified atom stereocenters. The summed E-state index contributed by atoms with van der Waals surface area (Å²) in [6.07, 6.45) is 8.50. The van der Waals surface area contributed by atoms with Crippen LogP contribution in [0.3, 0.4) is 0 Å². The summed E-state index contributed by atoms with van der Waals surface area (Å²) >= 11 is 0. The van der Waals surface area contributed by atoms with Crippen molar-refractivity contribution in [3.8, 4) is 11.4 Å². The van der Waals surface area contributed by atoms with E-state index in [-0.39, 0.29) is 23.2 Å². The topological polar surface area (TPSA) is 94.6 Å². The summed E-state index contributed by atoms with van der Waals surface area (Å²) in [7, 11) is 0. The number of ether oxygens (including phenoxy) is 1. The van der Waals surface area contributed by atoms with Gasteiger partial charge in [-0.2, -0.15) is 5.10 Å². The molecule has 1 saturated carbocycles. The Kier molecular flexibility index (Phi) is 4.97. The zero-order valence-electron chi connectivity index (χ0n) is 21.1. The van der Waals surface area contributed by atoms with Crippen LogP contribution in [0, 0.1) is 6.92 Å². The van der Waals surface area contributed by atoms with Crippen LogP contribution in [-0.2, 0) is 4.74 Å². The fourth-order valence-corrected chi connectivity index (χ4v) is 5.39. The summed E-state index contributed by atoms with van der Waals surface area (Å²) in [6.45, 7) is 8.24. The second-order valence-corrected chi connectivity index (χ2v) is 11.1. The van der Waals surface area contributed by atoms with Gasteiger partial charge in [0.15, 0.2) is 5.65 Å². The number of imidazole rings is 1. The van der Waals surface area contributed by atoms with Gasteiger partial charge < -0.3 is 14.2 Å². The molecule has 0 radical (unpaired) electrons. The molecule has 2 aliphatic rings. The van der Waals surface area contributed by atoms with Crippen molar-refractivity contribution < 1.29 is 9.53 Å². The van der Waals surface area contributed by atoms with Gasteiger partial charge in [-0.05, 0) is 83.2 Å². The first-order chi connectivity index (χ1) is 17.1. The lowest BCUT2D eigenvalue weighted by atomic mass is 9.94. The molecule has 4 aromatic rings. The highest BCUT2D eigenvalue weighted by Gasteiger charge is 2.54. The van der Waals surface area contributed by atoms with Crippen molar-refractivity contribution in [2.75, 3.05) is 6.54 Å². The number of pyridine rings is 2. The summed E-state index contributed by atoms with van der Waals surface area (Å²) in [6, 6.07) is 7.60. The van der Waals surface area contributed by atoms with Gasteiger partial charge in [0.25, 0.3) is 5.56 Å². The molecule has 9 nitrogen and oxygen atoms in total. The third-order valence-electron chi connectivity index (χ3n) is 7.30. The fourth-order valence-electron chi connectivity index (χ4n) is 5.39. The summed E-state index contributed by atoms with van der Waals surface area (Å²) in [5, 5.41) is 5.20. The highest BCUT2D eigenvalue weighted by atomic mass is 16.6. The number of likely N-dealkylation sites (tertiary alicyclic amines) is 1. The molecule has 1 aliphatic carbocycles. The van der Waals surface area contributed by atoms with Gasteiger partial charge in [0.1, 0.15) is 11.3 Å². The fraction of sp³-hybridized carbons (Fsp3) is 0.444. The highest BCUT2D eigenvalue weighted by molar-refractivity contribution is 5.80. The Morgan fingerprint density at radius 3 is 2.69 bits per heavy atom. The van der Waals surface area contributed by atoms with Crippen molar-refractivity contribution in [3.05, 3.63) is 58.8 Å². The number of amides is 1. The number of rotatable bonds is 2. The van der Waals surface area contributed by atoms with E-state index in [2.05, 4.69) is 10.1 Å². The Labute approximate surface area is 208 Å². The average molecular weight is 487 g/mol. The molecule has 0 aromatic carbocycles. The number of nitrogens with zero attached hydrogens (tertiary/aromatic N) is 6. The Bertz CT molecular complexity index is 1560. The number of fused-ring (bicyclic) bond motifs is 2. The van der Waals surface area contributed by atoms with E-state index >= 15 is 0 Å². The number of piperidine rings is 1. The van der Waals surface area contributed by atoms with Crippen LogP contribution in [0.5, 0.6) is 0 Å². The number of carbonyl (C=O) groups excluding carboxylic acids is 1. The minimum Gasteiger partial charge on any atom is -0.444 e. The predicted octanol–water partition coefficient (Wildman–Crippen LogP) is 4.52. The minimum atomic E-state index is -0.524. The van der Waals surface area contributed by atoms with Gasteiger partial charge in [-0.3, -0.25) is 4.79 Å². The molecule has 0 N–H and O–H groups in total. The van der Waals surface area contributed by atoms with Gasteiger partial charge in [0.2, 0.25) is 0 Å². The number of carbonyl (C=O) groups is 1. The van der Waals surface area contributed by atoms with Crippen molar-refractivity contribution in [2.45, 2.75) is 70.6 Å². The number of aromatic nitrogens is 5. The molecule has 1 spiro atoms. The molecule has 4 aromatic heterocycles. The first-order valence-corrected chi connectivity index (χ1v) is 12.5. The maximum absolute atomic E-state index is 13.5. The normalized spacial score (nSPS) is 19.2. The second-order valence-electron chi connectivity index (χ2n) is 11.1. The van der Waals surface area contributed by atoms with E-state index in [1.807, 2.05) is 73.8 Å². The van der Waals surface area contributed by atoms with Gasteiger partial charge >= 0.3 is 6.09 Å². The van der Waals surface area contributed by atoms with Gasteiger partial charge in [0.05, 0.1) is 16.6 Å². The van der Waals surface area contributed by atoms with Crippen LogP contribution in [0.2, 0.25) is 0 Å². The standard InChI is InChI=1S/C27H30N6O3/c1-17-15-22(30-33-14-11-28-23(17)33)21-6-5-19-20(29-21)8-12-31(24(19)34)18-7-13-32(27(16-18)9-10-27)25(35)36-26(2,3)4/h5-6,8,11-12,14-15,18H,7,9-10,13,16H2,1-4H3/t18-/m0/s1. The Balaban J connectivity index is 1.28. The summed E-state index contributed by atoms with van der Waals surface area (Å²) in [5.41, 5.74) is 3.14. The average Bonchev–Trinajstić information content (AvgIpc) is 3.39. The van der Waals surface area contributed by atoms with Gasteiger partial charge in [-0.25, -0.2) is 19.3 Å². The summed E-state index contributed by atoms with van der Waals surface area (Å²) in [4.78, 5) is 37.3. The highest BCUT2D eigenvalue weighted by Crippen LogP contribution is 2.51. The van der Waals surface area contributed by atoms with Crippen LogP contribution < -0.4 is 5.56 Å². The van der Waals surface area contributed by atoms with E-state index in [1.54, 1.807) is 10.7 Å². The third-order valence-corrected chi connectivity index (χ3v) is 7.30. The van der Waals surface area contributed by atoms with Crippen molar-refractivity contribution in [1.82, 2.24) is 29.0 Å². The molecule has 1 atom stereocenters. The molecule has 0 bridgehead atoms. The Morgan fingerprint density at radius 1 is 1.14 bits per heavy atom. The Morgan fingerprint density at radius 2 is 1.94 bits per heavy atom. The molecule has 6 rings (SSSR count). The number of aryl methyl sites for hydroxylation is 1. The maximum Gasteiger partial charge on any atom is 0.410 e. The smallest absolute Gasteiger partial charge is 0.410 e. The molecular formula is C27H30N6O3. The van der Waals surface area contributed by atoms with Crippen LogP contribution >= 0.6 is 0 Å². The van der Waals surface area contributed by atoms with E-state index in [1.165, 1.54) is 0 Å². The maximum atomic E-state index is 13.5. The molecular weight excluding hydrogens is 456 g/mol. The van der Waals surface area contributed by atoms with Crippen LogP contribution in [0.25, 0.3) is 27.9 Å². The molecule has 36 heavy (non-hydrogen) atoms. The monoisotopic (exact) mass is 486 g/mol. The quantitative estimate of drug-likeness (QED) is 0.414. The Hall–Kier alpha value is -3.75. The van der Waals surface area contributed by atoms with E-state index < -0.39 is 5.60 Å². The lowest BCUT2D eigenvalue weighted by Crippen LogP contribution is -2.50. The summed E-state index contributed by atoms with van der Waals surface area (Å²) in [5.74, 6) is 0. The lowest BCUT2D eigenvalue weighted by molar-refractivity contribution is 0.000498. The zero-order valence-corrected chi connectivity index (χ0v) is 21.1. The van der Waals surface area contributed by atoms with E-state index in [4.69, 9.17) is 9.72 Å². The van der Waals surface area contributed by atoms with Gasteiger partial charge in [-0.15, -0.1) is 0 Å². The SMILES string of the molecule is Cc1cc(-c2ccc3c(=O)n([C@H]4CCN(C(=O)OC(C)(C)C)C5(CC5)C4)ccc3n2)nn2ccnc12. The minimum absolute atomic E-state index is 0.0377. The predicted molar refractivity (Wildman–Crippen MR) is 136 cm³/mol. The van der Waals surface area contributed by atoms with E-state index in [0.29, 0.717) is 29.6 Å². The van der Waals surface area contributed by atoms with Crippen molar-refractivity contribution in [1.29, 1.82) is 0 Å². The first kappa shape index (κ1) is 22.7. The van der Waals surface area contributed by atoms with Crippen LogP contribution in [0.1, 0.15) is 58.1 Å². The van der Waals surface area contributed by atoms with Gasteiger partial charge in [0, 0.05) is 36.7 Å². The van der Waals surface area contributed by atoms with Gasteiger partial charge in [-0.1, -0.05) is 0 Å². The molecule has 1 aliphatic heterocycles. The van der Waals surface area contributed by atoms with Crippen molar-refractivity contribution in [2.24, 2.45) is 0 Å². The van der Waals surface area contributed by atoms with E-state index in [9.17, 15) is 9.59 Å². The molecule has 1 saturated heterocycles. The summed E-state index contributed by atoms with van der Waals surface area (Å²) < 4.78 is 9.22. The van der Waals surface area contributed by atoms with Crippen molar-refractivity contribution in [3.63, 3.8) is 0 Å². The second kappa shape index (κ2) is 7.88. The van der Waals surface area contributed by atoms with Crippen molar-refractivity contribution >= 4 is 22.6 Å². The van der Waals surface area contributed by atoms with Crippen LogP contribution in [0.4, 0.5) is 4.79 Å². The number of hydrogen-bond donors (Lipinski definition) is 0. The molecule has 9 heteroatoms. The van der Waals surface area contributed by atoms with Crippen LogP contribution in [-0.4, -0.2) is 52.8 Å². The zero-order chi connectivity index (χ0) is 25.2. The van der Waals surface area contributed by atoms with Crippen LogP contribution in [0.15, 0.2) is 47.7 Å². The molecule has 5 heterocycles. The molecule has 1 amide bonds. The lowest BCUT2D eigenvalue weighted by Gasteiger charge is -2.41. The first-order valence-electron chi connectivity index (χ1n) is 12.5. The molecule has 186 valence electrons. The van der Waals surface area contributed by atoms with E-state index in [0.717, 1.165) is 36.2 Å².